The fourth-order valence-electron chi connectivity index (χ4n) is 3.04. The Morgan fingerprint density at radius 1 is 1.10 bits per heavy atom. The van der Waals surface area contributed by atoms with Crippen LogP contribution in [0.15, 0.2) is 18.2 Å². The number of nitrogens with zero attached hydrogens (tertiary/aromatic N) is 1. The van der Waals surface area contributed by atoms with E-state index in [1.807, 2.05) is 0 Å². The van der Waals surface area contributed by atoms with Gasteiger partial charge in [-0.05, 0) is 48.7 Å². The van der Waals surface area contributed by atoms with Gasteiger partial charge in [-0.15, -0.1) is 0 Å². The first-order valence-electron chi connectivity index (χ1n) is 6.57. The van der Waals surface area contributed by atoms with Gasteiger partial charge in [0.1, 0.15) is 0 Å². The zero-order valence-corrected chi connectivity index (χ0v) is 13.2. The van der Waals surface area contributed by atoms with Gasteiger partial charge < -0.3 is 5.32 Å². The number of hydrogen-bond acceptors (Lipinski definition) is 3. The first-order chi connectivity index (χ1) is 9.44. The van der Waals surface area contributed by atoms with Gasteiger partial charge in [0.25, 0.3) is 0 Å². The lowest BCUT2D eigenvalue weighted by atomic mass is 10.0. The largest absolute Gasteiger partial charge is 0.316 e. The van der Waals surface area contributed by atoms with E-state index in [9.17, 15) is 8.42 Å². The van der Waals surface area contributed by atoms with Crippen molar-refractivity contribution < 1.29 is 8.42 Å². The van der Waals surface area contributed by atoms with E-state index in [1.54, 1.807) is 22.5 Å². The van der Waals surface area contributed by atoms with Crippen LogP contribution in [0.25, 0.3) is 0 Å². The summed E-state index contributed by atoms with van der Waals surface area (Å²) in [4.78, 5) is 0. The second kappa shape index (κ2) is 5.46. The Labute approximate surface area is 129 Å². The van der Waals surface area contributed by atoms with E-state index in [0.717, 1.165) is 13.1 Å². The highest BCUT2D eigenvalue weighted by atomic mass is 35.5. The topological polar surface area (TPSA) is 49.4 Å². The molecule has 2 aliphatic heterocycles. The summed E-state index contributed by atoms with van der Waals surface area (Å²) in [5.41, 5.74) is 0.637. The summed E-state index contributed by atoms with van der Waals surface area (Å²) in [5, 5.41) is 4.23. The van der Waals surface area contributed by atoms with Crippen molar-refractivity contribution in [3.63, 3.8) is 0 Å². The number of rotatable bonds is 3. The van der Waals surface area contributed by atoms with Gasteiger partial charge in [-0.3, -0.25) is 0 Å². The molecule has 2 atom stereocenters. The molecule has 0 unspecified atom stereocenters. The molecule has 2 fully saturated rings. The lowest BCUT2D eigenvalue weighted by molar-refractivity contribution is 0.447. The summed E-state index contributed by atoms with van der Waals surface area (Å²) in [5.74, 6) is 0.862. The van der Waals surface area contributed by atoms with Crippen molar-refractivity contribution in [3.05, 3.63) is 33.8 Å². The summed E-state index contributed by atoms with van der Waals surface area (Å²) < 4.78 is 26.6. The van der Waals surface area contributed by atoms with Crippen LogP contribution in [0.2, 0.25) is 10.0 Å². The maximum Gasteiger partial charge on any atom is 0.218 e. The van der Waals surface area contributed by atoms with Crippen LogP contribution >= 0.6 is 23.2 Å². The van der Waals surface area contributed by atoms with Gasteiger partial charge in [-0.2, -0.15) is 0 Å². The van der Waals surface area contributed by atoms with Crippen LogP contribution in [0.1, 0.15) is 5.56 Å². The van der Waals surface area contributed by atoms with Gasteiger partial charge >= 0.3 is 0 Å². The van der Waals surface area contributed by atoms with Crippen molar-refractivity contribution in [2.24, 2.45) is 11.8 Å². The molecule has 2 aliphatic rings. The van der Waals surface area contributed by atoms with E-state index in [4.69, 9.17) is 23.2 Å². The average molecular weight is 335 g/mol. The van der Waals surface area contributed by atoms with E-state index in [0.29, 0.717) is 40.5 Å². The van der Waals surface area contributed by atoms with Crippen LogP contribution in [0.3, 0.4) is 0 Å². The second-order valence-electron chi connectivity index (χ2n) is 5.53. The van der Waals surface area contributed by atoms with Crippen LogP contribution < -0.4 is 5.32 Å². The van der Waals surface area contributed by atoms with Gasteiger partial charge in [0, 0.05) is 23.1 Å². The van der Waals surface area contributed by atoms with Crippen LogP contribution in [0, 0.1) is 11.8 Å². The third-order valence-electron chi connectivity index (χ3n) is 4.02. The molecule has 0 saturated carbocycles. The molecule has 110 valence electrons. The molecule has 1 N–H and O–H groups in total. The molecule has 1 aromatic carbocycles. The van der Waals surface area contributed by atoms with Crippen LogP contribution in [-0.4, -0.2) is 38.9 Å². The normalized spacial score (nSPS) is 26.9. The Kier molecular flexibility index (Phi) is 3.99. The minimum atomic E-state index is -3.30. The molecule has 4 nitrogen and oxygen atoms in total. The van der Waals surface area contributed by atoms with Crippen molar-refractivity contribution in [2.75, 3.05) is 26.2 Å². The molecule has 0 aliphatic carbocycles. The highest BCUT2D eigenvalue weighted by Gasteiger charge is 2.40. The van der Waals surface area contributed by atoms with E-state index in [2.05, 4.69) is 5.32 Å². The average Bonchev–Trinajstić information content (AvgIpc) is 2.85. The number of benzene rings is 1. The molecule has 2 saturated heterocycles. The van der Waals surface area contributed by atoms with Crippen molar-refractivity contribution in [2.45, 2.75) is 5.75 Å². The molecule has 2 heterocycles. The molecule has 7 heteroatoms. The monoisotopic (exact) mass is 334 g/mol. The van der Waals surface area contributed by atoms with E-state index < -0.39 is 10.0 Å². The van der Waals surface area contributed by atoms with E-state index in [-0.39, 0.29) is 5.75 Å². The first-order valence-corrected chi connectivity index (χ1v) is 8.94. The maximum atomic E-state index is 12.5. The highest BCUT2D eigenvalue weighted by molar-refractivity contribution is 7.88. The molecular weight excluding hydrogens is 319 g/mol. The van der Waals surface area contributed by atoms with Crippen LogP contribution in [0.5, 0.6) is 0 Å². The molecule has 1 aromatic rings. The third-order valence-corrected chi connectivity index (χ3v) is 6.24. The van der Waals surface area contributed by atoms with Gasteiger partial charge in [0.05, 0.1) is 5.75 Å². The Balaban J connectivity index is 1.76. The van der Waals surface area contributed by atoms with E-state index in [1.165, 1.54) is 0 Å². The second-order valence-corrected chi connectivity index (χ2v) is 8.37. The Morgan fingerprint density at radius 3 is 2.20 bits per heavy atom. The predicted molar refractivity (Wildman–Crippen MR) is 80.5 cm³/mol. The quantitative estimate of drug-likeness (QED) is 0.919. The molecule has 0 bridgehead atoms. The van der Waals surface area contributed by atoms with Crippen molar-refractivity contribution in [3.8, 4) is 0 Å². The minimum Gasteiger partial charge on any atom is -0.316 e. The molecule has 0 radical (unpaired) electrons. The summed E-state index contributed by atoms with van der Waals surface area (Å²) in [6.07, 6.45) is 0. The molecule has 0 spiro atoms. The summed E-state index contributed by atoms with van der Waals surface area (Å²) >= 11 is 11.8. The summed E-state index contributed by atoms with van der Waals surface area (Å²) in [6.45, 7) is 3.07. The Hall–Kier alpha value is -0.330. The van der Waals surface area contributed by atoms with Crippen LogP contribution in [-0.2, 0) is 15.8 Å². The number of halogens is 2. The van der Waals surface area contributed by atoms with Crippen LogP contribution in [0.4, 0.5) is 0 Å². The maximum absolute atomic E-state index is 12.5. The number of fused-ring (bicyclic) bond motifs is 1. The Morgan fingerprint density at radius 2 is 1.65 bits per heavy atom. The molecular formula is C13H16Cl2N2O2S. The number of hydrogen-bond donors (Lipinski definition) is 1. The highest BCUT2D eigenvalue weighted by Crippen LogP contribution is 2.30. The van der Waals surface area contributed by atoms with Crippen molar-refractivity contribution >= 4 is 33.2 Å². The summed E-state index contributed by atoms with van der Waals surface area (Å²) in [7, 11) is -3.30. The number of sulfonamides is 1. The van der Waals surface area contributed by atoms with Crippen molar-refractivity contribution in [1.82, 2.24) is 9.62 Å². The molecule has 20 heavy (non-hydrogen) atoms. The first kappa shape index (κ1) is 14.6. The predicted octanol–water partition coefficient (Wildman–Crippen LogP) is 1.97. The third kappa shape index (κ3) is 2.97. The number of nitrogens with one attached hydrogen (secondary N) is 1. The standard InChI is InChI=1S/C13H16Cl2N2O2S/c14-12-1-9(2-13(15)3-12)8-20(18,19)17-6-10-4-16-5-11(10)7-17/h1-3,10-11,16H,4-8H2/t10-,11+. The fraction of sp³-hybridized carbons (Fsp3) is 0.538. The minimum absolute atomic E-state index is 0.0415. The Bertz CT molecular complexity index is 589. The summed E-state index contributed by atoms with van der Waals surface area (Å²) in [6, 6.07) is 4.91. The SMILES string of the molecule is O=S(=O)(Cc1cc(Cl)cc(Cl)c1)N1C[C@H]2CNC[C@H]2C1. The van der Waals surface area contributed by atoms with Gasteiger partial charge in [0.15, 0.2) is 0 Å². The smallest absolute Gasteiger partial charge is 0.218 e. The molecule has 3 rings (SSSR count). The van der Waals surface area contributed by atoms with Gasteiger partial charge in [0.2, 0.25) is 10.0 Å². The molecule has 0 aromatic heterocycles. The van der Waals surface area contributed by atoms with Gasteiger partial charge in [-0.25, -0.2) is 12.7 Å². The van der Waals surface area contributed by atoms with Gasteiger partial charge in [-0.1, -0.05) is 23.2 Å². The lowest BCUT2D eigenvalue weighted by Crippen LogP contribution is -2.32. The molecule has 0 amide bonds. The fourth-order valence-corrected chi connectivity index (χ4v) is 5.21. The lowest BCUT2D eigenvalue weighted by Gasteiger charge is -2.17. The zero-order chi connectivity index (χ0) is 14.3. The van der Waals surface area contributed by atoms with E-state index >= 15 is 0 Å². The van der Waals surface area contributed by atoms with Crippen molar-refractivity contribution in [1.29, 1.82) is 0 Å². The zero-order valence-electron chi connectivity index (χ0n) is 10.9.